The van der Waals surface area contributed by atoms with Crippen molar-refractivity contribution in [1.82, 2.24) is 16.0 Å². The summed E-state index contributed by atoms with van der Waals surface area (Å²) in [6.07, 6.45) is -2.26. The molecule has 0 heterocycles. The van der Waals surface area contributed by atoms with Crippen molar-refractivity contribution in [2.75, 3.05) is 5.75 Å². The Balaban J connectivity index is 2.85. The third-order valence-electron chi connectivity index (χ3n) is 4.60. The molecule has 0 aliphatic heterocycles. The van der Waals surface area contributed by atoms with Crippen LogP contribution in [-0.2, 0) is 30.4 Å². The van der Waals surface area contributed by atoms with Crippen LogP contribution in [0.4, 0.5) is 0 Å². The summed E-state index contributed by atoms with van der Waals surface area (Å²) in [6.45, 7) is 1.18. The predicted octanol–water partition coefficient (Wildman–Crippen LogP) is -2.41. The molecule has 0 fully saturated rings. The molecule has 34 heavy (non-hydrogen) atoms. The van der Waals surface area contributed by atoms with Gasteiger partial charge in [-0.15, -0.1) is 0 Å². The van der Waals surface area contributed by atoms with Gasteiger partial charge in [0.05, 0.1) is 18.6 Å². The van der Waals surface area contributed by atoms with Gasteiger partial charge in [-0.3, -0.25) is 19.2 Å². The summed E-state index contributed by atoms with van der Waals surface area (Å²) in [5.74, 6) is -5.82. The van der Waals surface area contributed by atoms with Crippen molar-refractivity contribution in [3.05, 3.63) is 29.8 Å². The molecule has 0 saturated heterocycles. The van der Waals surface area contributed by atoms with Crippen LogP contribution in [0.5, 0.6) is 5.75 Å². The molecule has 0 aliphatic rings. The van der Waals surface area contributed by atoms with Gasteiger partial charge in [-0.25, -0.2) is 4.79 Å². The summed E-state index contributed by atoms with van der Waals surface area (Å²) in [5, 5.41) is 44.0. The highest BCUT2D eigenvalue weighted by Crippen LogP contribution is 2.11. The van der Waals surface area contributed by atoms with Crippen LogP contribution in [-0.4, -0.2) is 86.1 Å². The molecule has 9 N–H and O–H groups in total. The third-order valence-corrected chi connectivity index (χ3v) is 4.97. The van der Waals surface area contributed by atoms with Gasteiger partial charge >= 0.3 is 11.9 Å². The van der Waals surface area contributed by atoms with Crippen LogP contribution in [0, 0.1) is 0 Å². The number of hydrogen-bond donors (Lipinski definition) is 9. The number of carboxylic acid groups (broad SMARTS) is 2. The standard InChI is InChI=1S/C20H28N4O9S/c1-9(25)16(24-17(29)12(21)7-15(27)28)19(31)23-14(8-34)18(30)22-13(20(32)33)6-10-2-4-11(26)5-3-10/h2-5,9,12-14,16,25-26,34H,6-8,21H2,1H3,(H,22,30)(H,23,31)(H,24,29)(H,27,28)(H,32,33). The van der Waals surface area contributed by atoms with E-state index in [1.807, 2.05) is 0 Å². The van der Waals surface area contributed by atoms with Gasteiger partial charge in [0.25, 0.3) is 0 Å². The minimum Gasteiger partial charge on any atom is -0.508 e. The number of aromatic hydroxyl groups is 1. The fourth-order valence-electron chi connectivity index (χ4n) is 2.74. The van der Waals surface area contributed by atoms with Gasteiger partial charge in [-0.1, -0.05) is 12.1 Å². The van der Waals surface area contributed by atoms with E-state index in [1.165, 1.54) is 31.2 Å². The lowest BCUT2D eigenvalue weighted by molar-refractivity contribution is -0.142. The Hall–Kier alpha value is -3.36. The van der Waals surface area contributed by atoms with Gasteiger partial charge in [0.2, 0.25) is 17.7 Å². The van der Waals surface area contributed by atoms with E-state index in [-0.39, 0.29) is 17.9 Å². The summed E-state index contributed by atoms with van der Waals surface area (Å²) in [7, 11) is 0. The van der Waals surface area contributed by atoms with Crippen LogP contribution in [0.2, 0.25) is 0 Å². The van der Waals surface area contributed by atoms with Gasteiger partial charge in [-0.2, -0.15) is 12.6 Å². The lowest BCUT2D eigenvalue weighted by Crippen LogP contribution is -2.60. The predicted molar refractivity (Wildman–Crippen MR) is 121 cm³/mol. The molecule has 1 rings (SSSR count). The van der Waals surface area contributed by atoms with E-state index in [4.69, 9.17) is 10.8 Å². The third kappa shape index (κ3) is 9.25. The second-order valence-electron chi connectivity index (χ2n) is 7.44. The molecule has 0 spiro atoms. The van der Waals surface area contributed by atoms with Crippen molar-refractivity contribution in [3.8, 4) is 5.75 Å². The molecule has 5 unspecified atom stereocenters. The van der Waals surface area contributed by atoms with Gasteiger partial charge in [0.1, 0.15) is 23.9 Å². The zero-order valence-electron chi connectivity index (χ0n) is 18.2. The van der Waals surface area contributed by atoms with Gasteiger partial charge in [-0.05, 0) is 24.6 Å². The maximum atomic E-state index is 12.6. The van der Waals surface area contributed by atoms with E-state index in [0.29, 0.717) is 5.56 Å². The summed E-state index contributed by atoms with van der Waals surface area (Å²) < 4.78 is 0. The van der Waals surface area contributed by atoms with Crippen molar-refractivity contribution in [3.63, 3.8) is 0 Å². The molecule has 0 aromatic heterocycles. The number of phenolic OH excluding ortho intramolecular Hbond substituents is 1. The largest absolute Gasteiger partial charge is 0.508 e. The number of hydrogen-bond acceptors (Lipinski definition) is 9. The lowest BCUT2D eigenvalue weighted by atomic mass is 10.1. The van der Waals surface area contributed by atoms with E-state index in [2.05, 4.69) is 28.6 Å². The fraction of sp³-hybridized carbons (Fsp3) is 0.450. The van der Waals surface area contributed by atoms with E-state index < -0.39 is 66.4 Å². The van der Waals surface area contributed by atoms with Crippen LogP contribution < -0.4 is 21.7 Å². The number of phenols is 1. The maximum absolute atomic E-state index is 12.6. The molecule has 1 aromatic carbocycles. The molecule has 0 saturated carbocycles. The number of nitrogens with one attached hydrogen (secondary N) is 3. The molecular formula is C20H28N4O9S. The van der Waals surface area contributed by atoms with Crippen molar-refractivity contribution in [2.24, 2.45) is 5.73 Å². The number of carbonyl (C=O) groups excluding carboxylic acids is 3. The molecule has 0 radical (unpaired) electrons. The van der Waals surface area contributed by atoms with Gasteiger partial charge < -0.3 is 42.1 Å². The van der Waals surface area contributed by atoms with Crippen LogP contribution in [0.3, 0.4) is 0 Å². The van der Waals surface area contributed by atoms with Crippen molar-refractivity contribution in [2.45, 2.75) is 50.0 Å². The smallest absolute Gasteiger partial charge is 0.326 e. The summed E-state index contributed by atoms with van der Waals surface area (Å²) in [6, 6.07) is -0.0534. The van der Waals surface area contributed by atoms with Crippen LogP contribution in [0.25, 0.3) is 0 Å². The summed E-state index contributed by atoms with van der Waals surface area (Å²) >= 11 is 3.99. The molecule has 188 valence electrons. The first-order valence-corrected chi connectivity index (χ1v) is 10.7. The van der Waals surface area contributed by atoms with Crippen LogP contribution in [0.1, 0.15) is 18.9 Å². The quantitative estimate of drug-likeness (QED) is 0.130. The maximum Gasteiger partial charge on any atom is 0.326 e. The first-order chi connectivity index (χ1) is 15.8. The Kier molecular flexibility index (Phi) is 11.3. The minimum atomic E-state index is -1.57. The highest BCUT2D eigenvalue weighted by atomic mass is 32.1. The highest BCUT2D eigenvalue weighted by Gasteiger charge is 2.32. The van der Waals surface area contributed by atoms with E-state index in [0.717, 1.165) is 0 Å². The first-order valence-electron chi connectivity index (χ1n) is 10.0. The van der Waals surface area contributed by atoms with Gasteiger partial charge in [0, 0.05) is 12.2 Å². The topological polar surface area (TPSA) is 228 Å². The average Bonchev–Trinajstić information content (AvgIpc) is 2.75. The zero-order valence-corrected chi connectivity index (χ0v) is 19.1. The Morgan fingerprint density at radius 1 is 0.941 bits per heavy atom. The fourth-order valence-corrected chi connectivity index (χ4v) is 3.00. The number of nitrogens with two attached hydrogens (primary N) is 1. The Bertz CT molecular complexity index is 895. The van der Waals surface area contributed by atoms with E-state index >= 15 is 0 Å². The molecule has 13 nitrogen and oxygen atoms in total. The number of carbonyl (C=O) groups is 5. The summed E-state index contributed by atoms with van der Waals surface area (Å²) in [4.78, 5) is 59.5. The highest BCUT2D eigenvalue weighted by molar-refractivity contribution is 7.80. The number of aliphatic hydroxyl groups is 1. The zero-order chi connectivity index (χ0) is 26.0. The summed E-state index contributed by atoms with van der Waals surface area (Å²) in [5.41, 5.74) is 5.96. The second-order valence-corrected chi connectivity index (χ2v) is 7.81. The Labute approximate surface area is 200 Å². The monoisotopic (exact) mass is 500 g/mol. The number of thiol groups is 1. The van der Waals surface area contributed by atoms with Crippen molar-refractivity contribution >= 4 is 42.3 Å². The molecule has 14 heteroatoms. The Morgan fingerprint density at radius 2 is 1.50 bits per heavy atom. The Morgan fingerprint density at radius 3 is 1.97 bits per heavy atom. The SMILES string of the molecule is CC(O)C(NC(=O)C(N)CC(=O)O)C(=O)NC(CS)C(=O)NC(Cc1ccc(O)cc1)C(=O)O. The van der Waals surface area contributed by atoms with Crippen molar-refractivity contribution < 1.29 is 44.4 Å². The molecule has 3 amide bonds. The van der Waals surface area contributed by atoms with E-state index in [1.54, 1.807) is 0 Å². The average molecular weight is 501 g/mol. The molecule has 5 atom stereocenters. The number of aliphatic carboxylic acids is 2. The molecular weight excluding hydrogens is 472 g/mol. The minimum absolute atomic E-state index is 0.0128. The molecule has 0 aliphatic carbocycles. The number of aliphatic hydroxyl groups excluding tert-OH is 1. The van der Waals surface area contributed by atoms with Crippen LogP contribution in [0.15, 0.2) is 24.3 Å². The first kappa shape index (κ1) is 28.7. The normalized spacial score (nSPS) is 15.2. The van der Waals surface area contributed by atoms with Crippen LogP contribution >= 0.6 is 12.6 Å². The molecule has 1 aromatic rings. The number of benzene rings is 1. The van der Waals surface area contributed by atoms with Crippen molar-refractivity contribution in [1.29, 1.82) is 0 Å². The molecule has 0 bridgehead atoms. The second kappa shape index (κ2) is 13.4. The van der Waals surface area contributed by atoms with E-state index in [9.17, 15) is 39.3 Å². The number of rotatable bonds is 13. The number of amides is 3. The lowest BCUT2D eigenvalue weighted by Gasteiger charge is -2.25. The van der Waals surface area contributed by atoms with Gasteiger partial charge in [0.15, 0.2) is 0 Å². The number of carboxylic acids is 2.